The zero-order valence-corrected chi connectivity index (χ0v) is 16.1. The molecule has 4 rings (SSSR count). The lowest BCUT2D eigenvalue weighted by molar-refractivity contribution is 0.0693. The molecule has 0 fully saturated rings. The summed E-state index contributed by atoms with van der Waals surface area (Å²) < 4.78 is 31.8. The minimum absolute atomic E-state index is 0.0517. The monoisotopic (exact) mass is 399 g/mol. The number of benzene rings is 1. The van der Waals surface area contributed by atoms with Crippen LogP contribution in [0.5, 0.6) is 0 Å². The van der Waals surface area contributed by atoms with Crippen molar-refractivity contribution >= 4 is 5.97 Å². The third kappa shape index (κ3) is 3.04. The Bertz CT molecular complexity index is 1190. The zero-order valence-electron chi connectivity index (χ0n) is 16.1. The standard InChI is InChI=1S/C21H19F2N3O3/c1-21(2,3)16-10-26-19(14-8-15(27)13(20(28)29)9-25(14)16)17(23)18(24-26)11-4-6-12(22)7-5-11/h4-9,16H,10H2,1-3H3,(H,28,29)/t16-/m0/s1. The van der Waals surface area contributed by atoms with E-state index in [-0.39, 0.29) is 34.1 Å². The molecule has 0 bridgehead atoms. The molecule has 6 nitrogen and oxygen atoms in total. The maximum atomic E-state index is 15.4. The van der Waals surface area contributed by atoms with E-state index < -0.39 is 23.0 Å². The van der Waals surface area contributed by atoms with Gasteiger partial charge in [0.05, 0.1) is 18.3 Å². The molecule has 1 atom stereocenters. The van der Waals surface area contributed by atoms with E-state index in [1.807, 2.05) is 20.8 Å². The normalized spacial score (nSPS) is 15.7. The van der Waals surface area contributed by atoms with Crippen LogP contribution >= 0.6 is 0 Å². The highest BCUT2D eigenvalue weighted by Crippen LogP contribution is 2.41. The number of carboxylic acids is 1. The molecule has 29 heavy (non-hydrogen) atoms. The molecular formula is C21H19F2N3O3. The second-order valence-corrected chi connectivity index (χ2v) is 8.23. The fourth-order valence-electron chi connectivity index (χ4n) is 3.71. The second-order valence-electron chi connectivity index (χ2n) is 8.23. The number of hydrogen-bond acceptors (Lipinski definition) is 3. The number of nitrogens with zero attached hydrogens (tertiary/aromatic N) is 3. The molecule has 0 radical (unpaired) electrons. The van der Waals surface area contributed by atoms with Gasteiger partial charge in [-0.3, -0.25) is 9.48 Å². The number of rotatable bonds is 2. The Hall–Kier alpha value is -3.29. The predicted octanol–water partition coefficient (Wildman–Crippen LogP) is 3.96. The Morgan fingerprint density at radius 1 is 1.21 bits per heavy atom. The van der Waals surface area contributed by atoms with Crippen LogP contribution in [-0.4, -0.2) is 25.4 Å². The van der Waals surface area contributed by atoms with E-state index in [4.69, 9.17) is 0 Å². The summed E-state index contributed by atoms with van der Waals surface area (Å²) in [7, 11) is 0. The number of carbonyl (C=O) groups is 1. The average Bonchev–Trinajstić information content (AvgIpc) is 2.97. The number of pyridine rings is 1. The van der Waals surface area contributed by atoms with Crippen LogP contribution in [0.1, 0.15) is 37.2 Å². The van der Waals surface area contributed by atoms with Gasteiger partial charge in [-0.25, -0.2) is 13.6 Å². The summed E-state index contributed by atoms with van der Waals surface area (Å²) in [5.74, 6) is -2.41. The predicted molar refractivity (Wildman–Crippen MR) is 103 cm³/mol. The first-order valence-electron chi connectivity index (χ1n) is 9.10. The quantitative estimate of drug-likeness (QED) is 0.708. The minimum Gasteiger partial charge on any atom is -0.477 e. The van der Waals surface area contributed by atoms with Crippen molar-refractivity contribution in [2.45, 2.75) is 33.4 Å². The van der Waals surface area contributed by atoms with Crippen LogP contribution in [0.4, 0.5) is 8.78 Å². The van der Waals surface area contributed by atoms with Crippen LogP contribution in [0.15, 0.2) is 41.3 Å². The Labute approximate surface area is 165 Å². The fourth-order valence-corrected chi connectivity index (χ4v) is 3.71. The minimum atomic E-state index is -1.33. The lowest BCUT2D eigenvalue weighted by Crippen LogP contribution is -2.35. The van der Waals surface area contributed by atoms with Crippen LogP contribution in [0.2, 0.25) is 0 Å². The van der Waals surface area contributed by atoms with Crippen molar-refractivity contribution in [2.75, 3.05) is 0 Å². The largest absolute Gasteiger partial charge is 0.477 e. The Balaban J connectivity index is 1.99. The van der Waals surface area contributed by atoms with E-state index in [9.17, 15) is 19.1 Å². The Morgan fingerprint density at radius 2 is 1.86 bits per heavy atom. The number of aromatic nitrogens is 3. The molecule has 0 amide bonds. The van der Waals surface area contributed by atoms with Crippen molar-refractivity contribution < 1.29 is 18.7 Å². The molecule has 1 aliphatic heterocycles. The van der Waals surface area contributed by atoms with Crippen molar-refractivity contribution in [2.24, 2.45) is 5.41 Å². The molecular weight excluding hydrogens is 380 g/mol. The van der Waals surface area contributed by atoms with Crippen LogP contribution in [0.25, 0.3) is 22.6 Å². The molecule has 0 saturated carbocycles. The molecule has 1 aromatic carbocycles. The molecule has 2 aromatic heterocycles. The number of fused-ring (bicyclic) bond motifs is 3. The molecule has 0 saturated heterocycles. The first-order valence-corrected chi connectivity index (χ1v) is 9.10. The first-order chi connectivity index (χ1) is 13.6. The molecule has 3 heterocycles. The maximum Gasteiger partial charge on any atom is 0.341 e. The molecule has 3 aromatic rings. The van der Waals surface area contributed by atoms with Gasteiger partial charge in [-0.1, -0.05) is 20.8 Å². The summed E-state index contributed by atoms with van der Waals surface area (Å²) in [6, 6.07) is 6.21. The third-order valence-electron chi connectivity index (χ3n) is 5.25. The summed E-state index contributed by atoms with van der Waals surface area (Å²) in [6.07, 6.45) is 1.28. The molecule has 0 unspecified atom stereocenters. The van der Waals surface area contributed by atoms with Gasteiger partial charge >= 0.3 is 5.97 Å². The lowest BCUT2D eigenvalue weighted by Gasteiger charge is -2.38. The highest BCUT2D eigenvalue weighted by Gasteiger charge is 2.36. The van der Waals surface area contributed by atoms with Gasteiger partial charge < -0.3 is 9.67 Å². The van der Waals surface area contributed by atoms with Crippen molar-refractivity contribution in [3.8, 4) is 22.6 Å². The van der Waals surface area contributed by atoms with Gasteiger partial charge in [-0.2, -0.15) is 5.10 Å². The molecule has 8 heteroatoms. The summed E-state index contributed by atoms with van der Waals surface area (Å²) >= 11 is 0. The van der Waals surface area contributed by atoms with Crippen LogP contribution in [0, 0.1) is 17.0 Å². The average molecular weight is 399 g/mol. The van der Waals surface area contributed by atoms with Gasteiger partial charge in [-0.15, -0.1) is 0 Å². The van der Waals surface area contributed by atoms with Crippen molar-refractivity contribution in [3.63, 3.8) is 0 Å². The van der Waals surface area contributed by atoms with Gasteiger partial charge in [0.2, 0.25) is 0 Å². The summed E-state index contributed by atoms with van der Waals surface area (Å²) in [5.41, 5.74) is -0.548. The topological polar surface area (TPSA) is 77.1 Å². The smallest absolute Gasteiger partial charge is 0.341 e. The van der Waals surface area contributed by atoms with Crippen molar-refractivity contribution in [1.82, 2.24) is 14.3 Å². The van der Waals surface area contributed by atoms with Crippen LogP contribution in [0.3, 0.4) is 0 Å². The number of carboxylic acid groups (broad SMARTS) is 1. The first kappa shape index (κ1) is 19.0. The van der Waals surface area contributed by atoms with Crippen molar-refractivity contribution in [3.05, 3.63) is 63.9 Å². The molecule has 1 N–H and O–H groups in total. The Kier molecular flexibility index (Phi) is 4.18. The second kappa shape index (κ2) is 6.37. The SMILES string of the molecule is CC(C)(C)[C@@H]1Cn2nc(-c3ccc(F)cc3)c(F)c2-c2cc(=O)c(C(=O)O)cn21. The zero-order chi connectivity index (χ0) is 21.1. The van der Waals surface area contributed by atoms with Crippen LogP contribution in [-0.2, 0) is 6.54 Å². The summed E-state index contributed by atoms with van der Waals surface area (Å²) in [4.78, 5) is 23.8. The third-order valence-corrected chi connectivity index (χ3v) is 5.25. The van der Waals surface area contributed by atoms with E-state index >= 15 is 4.39 Å². The van der Waals surface area contributed by atoms with E-state index in [1.165, 1.54) is 35.1 Å². The van der Waals surface area contributed by atoms with Gasteiger partial charge in [0.1, 0.15) is 22.8 Å². The van der Waals surface area contributed by atoms with Gasteiger partial charge in [0.15, 0.2) is 11.2 Å². The summed E-state index contributed by atoms with van der Waals surface area (Å²) in [6.45, 7) is 6.23. The van der Waals surface area contributed by atoms with E-state index in [0.717, 1.165) is 6.07 Å². The highest BCUT2D eigenvalue weighted by molar-refractivity contribution is 5.87. The van der Waals surface area contributed by atoms with Crippen molar-refractivity contribution in [1.29, 1.82) is 0 Å². The maximum absolute atomic E-state index is 15.4. The van der Waals surface area contributed by atoms with E-state index in [0.29, 0.717) is 12.1 Å². The molecule has 150 valence electrons. The van der Waals surface area contributed by atoms with Gasteiger partial charge in [0.25, 0.3) is 0 Å². The number of hydrogen-bond donors (Lipinski definition) is 1. The van der Waals surface area contributed by atoms with E-state index in [1.54, 1.807) is 4.57 Å². The molecule has 1 aliphatic rings. The van der Waals surface area contributed by atoms with Gasteiger partial charge in [0, 0.05) is 17.8 Å². The van der Waals surface area contributed by atoms with Crippen LogP contribution < -0.4 is 5.43 Å². The van der Waals surface area contributed by atoms with E-state index in [2.05, 4.69) is 5.10 Å². The number of aromatic carboxylic acids is 1. The fraction of sp³-hybridized carbons (Fsp3) is 0.286. The Morgan fingerprint density at radius 3 is 2.45 bits per heavy atom. The molecule has 0 aliphatic carbocycles. The highest BCUT2D eigenvalue weighted by atomic mass is 19.1. The van der Waals surface area contributed by atoms with Gasteiger partial charge in [-0.05, 0) is 29.7 Å². The lowest BCUT2D eigenvalue weighted by atomic mass is 9.85. The summed E-state index contributed by atoms with van der Waals surface area (Å²) in [5, 5.41) is 13.7. The molecule has 0 spiro atoms. The number of halogens is 2.